The number of hydrogen-bond acceptors (Lipinski definition) is 5. The number of anilines is 2. The molecule has 0 radical (unpaired) electrons. The number of nitrogens with two attached hydrogens (primary N) is 1. The second kappa shape index (κ2) is 5.77. The van der Waals surface area contributed by atoms with Crippen molar-refractivity contribution in [1.29, 1.82) is 0 Å². The van der Waals surface area contributed by atoms with Crippen LogP contribution in [-0.4, -0.2) is 30.0 Å². The maximum atomic E-state index is 10.6. The van der Waals surface area contributed by atoms with Gasteiger partial charge in [-0.2, -0.15) is 11.8 Å². The molecule has 0 aromatic heterocycles. The third kappa shape index (κ3) is 3.26. The Morgan fingerprint density at radius 1 is 1.59 bits per heavy atom. The molecule has 1 aromatic carbocycles. The number of rotatable bonds is 5. The van der Waals surface area contributed by atoms with Crippen LogP contribution in [0.15, 0.2) is 18.2 Å². The lowest BCUT2D eigenvalue weighted by Gasteiger charge is -2.27. The van der Waals surface area contributed by atoms with Crippen molar-refractivity contribution in [3.05, 3.63) is 28.3 Å². The van der Waals surface area contributed by atoms with E-state index in [2.05, 4.69) is 6.92 Å². The third-order valence-electron chi connectivity index (χ3n) is 2.67. The second-order valence-corrected chi connectivity index (χ2v) is 4.83. The molecule has 1 atom stereocenters. The van der Waals surface area contributed by atoms with Gasteiger partial charge in [-0.3, -0.25) is 10.1 Å². The predicted octanol–water partition coefficient (Wildman–Crippen LogP) is 2.36. The molecule has 5 nitrogen and oxygen atoms in total. The highest BCUT2D eigenvalue weighted by Crippen LogP contribution is 2.28. The number of non-ortho nitro benzene ring substituents is 1. The topological polar surface area (TPSA) is 72.4 Å². The summed E-state index contributed by atoms with van der Waals surface area (Å²) in [6, 6.07) is 4.91. The van der Waals surface area contributed by atoms with Gasteiger partial charge < -0.3 is 10.6 Å². The summed E-state index contributed by atoms with van der Waals surface area (Å²) in [5.74, 6) is 0.979. The molecule has 17 heavy (non-hydrogen) atoms. The molecule has 0 saturated carbocycles. The van der Waals surface area contributed by atoms with Crippen molar-refractivity contribution >= 4 is 28.8 Å². The van der Waals surface area contributed by atoms with Gasteiger partial charge in [0.15, 0.2) is 0 Å². The fourth-order valence-electron chi connectivity index (χ4n) is 1.57. The Balaban J connectivity index is 2.95. The van der Waals surface area contributed by atoms with E-state index in [1.165, 1.54) is 12.1 Å². The average Bonchev–Trinajstić information content (AvgIpc) is 2.28. The molecule has 0 saturated heterocycles. The zero-order valence-electron chi connectivity index (χ0n) is 10.2. The summed E-state index contributed by atoms with van der Waals surface area (Å²) in [7, 11) is 1.94. The fourth-order valence-corrected chi connectivity index (χ4v) is 2.27. The summed E-state index contributed by atoms with van der Waals surface area (Å²) >= 11 is 1.76. The van der Waals surface area contributed by atoms with Crippen LogP contribution in [0, 0.1) is 10.1 Å². The van der Waals surface area contributed by atoms with Gasteiger partial charge in [0.2, 0.25) is 0 Å². The largest absolute Gasteiger partial charge is 0.397 e. The minimum Gasteiger partial charge on any atom is -0.397 e. The first-order chi connectivity index (χ1) is 7.97. The molecule has 94 valence electrons. The molecule has 6 heteroatoms. The highest BCUT2D eigenvalue weighted by atomic mass is 32.2. The first kappa shape index (κ1) is 13.6. The number of benzene rings is 1. The van der Waals surface area contributed by atoms with E-state index in [1.54, 1.807) is 17.8 Å². The van der Waals surface area contributed by atoms with Crippen LogP contribution >= 0.6 is 11.8 Å². The van der Waals surface area contributed by atoms with E-state index in [1.807, 2.05) is 18.2 Å². The quantitative estimate of drug-likeness (QED) is 0.497. The van der Waals surface area contributed by atoms with E-state index in [4.69, 9.17) is 5.73 Å². The summed E-state index contributed by atoms with van der Waals surface area (Å²) in [4.78, 5) is 12.2. The fraction of sp³-hybridized carbons (Fsp3) is 0.455. The van der Waals surface area contributed by atoms with E-state index in [9.17, 15) is 10.1 Å². The molecule has 0 aliphatic carbocycles. The summed E-state index contributed by atoms with van der Waals surface area (Å²) < 4.78 is 0. The van der Waals surface area contributed by atoms with Crippen LogP contribution in [0.25, 0.3) is 0 Å². The number of nitro groups is 1. The van der Waals surface area contributed by atoms with Crippen molar-refractivity contribution in [1.82, 2.24) is 0 Å². The summed E-state index contributed by atoms with van der Waals surface area (Å²) in [6.07, 6.45) is 2.05. The van der Waals surface area contributed by atoms with Gasteiger partial charge in [-0.15, -0.1) is 0 Å². The van der Waals surface area contributed by atoms with E-state index in [-0.39, 0.29) is 5.69 Å². The Morgan fingerprint density at radius 3 is 2.71 bits per heavy atom. The SMILES string of the molecule is CSCC(C)N(C)c1ccc([N+](=O)[O-])cc1N. The van der Waals surface area contributed by atoms with Crippen LogP contribution in [0.3, 0.4) is 0 Å². The van der Waals surface area contributed by atoms with E-state index in [0.717, 1.165) is 11.4 Å². The van der Waals surface area contributed by atoms with Gasteiger partial charge in [0.05, 0.1) is 16.3 Å². The first-order valence-corrected chi connectivity index (χ1v) is 6.62. The number of nitro benzene ring substituents is 1. The number of nitrogen functional groups attached to an aromatic ring is 1. The zero-order valence-corrected chi connectivity index (χ0v) is 11.0. The van der Waals surface area contributed by atoms with Crippen LogP contribution in [-0.2, 0) is 0 Å². The van der Waals surface area contributed by atoms with Crippen molar-refractivity contribution in [3.8, 4) is 0 Å². The molecule has 0 fully saturated rings. The first-order valence-electron chi connectivity index (χ1n) is 5.23. The van der Waals surface area contributed by atoms with Gasteiger partial charge in [-0.25, -0.2) is 0 Å². The summed E-state index contributed by atoms with van der Waals surface area (Å²) in [5.41, 5.74) is 7.14. The molecule has 0 spiro atoms. The number of thioether (sulfide) groups is 1. The molecule has 0 heterocycles. The lowest BCUT2D eigenvalue weighted by atomic mass is 10.2. The zero-order chi connectivity index (χ0) is 13.0. The van der Waals surface area contributed by atoms with Crippen molar-refractivity contribution in [2.45, 2.75) is 13.0 Å². The molecule has 0 amide bonds. The van der Waals surface area contributed by atoms with Gasteiger partial charge in [0.25, 0.3) is 5.69 Å². The van der Waals surface area contributed by atoms with E-state index < -0.39 is 4.92 Å². The monoisotopic (exact) mass is 255 g/mol. The third-order valence-corrected chi connectivity index (χ3v) is 3.49. The summed E-state index contributed by atoms with van der Waals surface area (Å²) in [6.45, 7) is 2.09. The van der Waals surface area contributed by atoms with Gasteiger partial charge in [0, 0.05) is 31.0 Å². The summed E-state index contributed by atoms with van der Waals surface area (Å²) in [5, 5.41) is 10.6. The normalized spacial score (nSPS) is 12.2. The Hall–Kier alpha value is -1.43. The van der Waals surface area contributed by atoms with Crippen LogP contribution < -0.4 is 10.6 Å². The van der Waals surface area contributed by atoms with Crippen molar-refractivity contribution in [2.75, 3.05) is 29.7 Å². The maximum absolute atomic E-state index is 10.6. The minimum absolute atomic E-state index is 0.0252. The molecule has 0 aliphatic heterocycles. The van der Waals surface area contributed by atoms with Crippen molar-refractivity contribution in [2.24, 2.45) is 0 Å². The number of nitrogens with zero attached hydrogens (tertiary/aromatic N) is 2. The Bertz CT molecular complexity index is 412. The molecular formula is C11H17N3O2S. The molecule has 0 aliphatic rings. The van der Waals surface area contributed by atoms with Gasteiger partial charge in [-0.05, 0) is 19.2 Å². The van der Waals surface area contributed by atoms with Crippen molar-refractivity contribution in [3.63, 3.8) is 0 Å². The highest BCUT2D eigenvalue weighted by molar-refractivity contribution is 7.98. The van der Waals surface area contributed by atoms with Crippen LogP contribution in [0.2, 0.25) is 0 Å². The average molecular weight is 255 g/mol. The van der Waals surface area contributed by atoms with Crippen molar-refractivity contribution < 1.29 is 4.92 Å². The lowest BCUT2D eigenvalue weighted by molar-refractivity contribution is -0.384. The van der Waals surface area contributed by atoms with Gasteiger partial charge in [-0.1, -0.05) is 0 Å². The Labute approximate surface area is 105 Å². The van der Waals surface area contributed by atoms with E-state index in [0.29, 0.717) is 11.7 Å². The minimum atomic E-state index is -0.439. The highest BCUT2D eigenvalue weighted by Gasteiger charge is 2.15. The maximum Gasteiger partial charge on any atom is 0.271 e. The van der Waals surface area contributed by atoms with Crippen LogP contribution in [0.5, 0.6) is 0 Å². The van der Waals surface area contributed by atoms with E-state index >= 15 is 0 Å². The molecule has 1 aromatic rings. The molecule has 1 rings (SSSR count). The van der Waals surface area contributed by atoms with Crippen LogP contribution in [0.4, 0.5) is 17.1 Å². The Kier molecular flexibility index (Phi) is 4.62. The Morgan fingerprint density at radius 2 is 2.24 bits per heavy atom. The molecule has 0 bridgehead atoms. The number of hydrogen-bond donors (Lipinski definition) is 1. The molecular weight excluding hydrogens is 238 g/mol. The van der Waals surface area contributed by atoms with Gasteiger partial charge >= 0.3 is 0 Å². The van der Waals surface area contributed by atoms with Gasteiger partial charge in [0.1, 0.15) is 0 Å². The molecule has 1 unspecified atom stereocenters. The standard InChI is InChI=1S/C11H17N3O2S/c1-8(7-17-3)13(2)11-5-4-9(14(15)16)6-10(11)12/h4-6,8H,7,12H2,1-3H3. The smallest absolute Gasteiger partial charge is 0.271 e. The second-order valence-electron chi connectivity index (χ2n) is 3.92. The lowest BCUT2D eigenvalue weighted by Crippen LogP contribution is -2.31. The molecule has 2 N–H and O–H groups in total. The predicted molar refractivity (Wildman–Crippen MR) is 73.8 cm³/mol. The van der Waals surface area contributed by atoms with Crippen LogP contribution in [0.1, 0.15) is 6.92 Å².